The van der Waals surface area contributed by atoms with Gasteiger partial charge in [0.25, 0.3) is 0 Å². The van der Waals surface area contributed by atoms with Gasteiger partial charge in [0, 0.05) is 16.7 Å². The van der Waals surface area contributed by atoms with Crippen molar-refractivity contribution < 1.29 is 9.47 Å². The van der Waals surface area contributed by atoms with Crippen LogP contribution in [0.15, 0.2) is 10.5 Å². The predicted molar refractivity (Wildman–Crippen MR) is 71.7 cm³/mol. The fourth-order valence-corrected chi connectivity index (χ4v) is 3.14. The highest BCUT2D eigenvalue weighted by Gasteiger charge is 2.38. The molecule has 0 aromatic heterocycles. The standard InChI is InChI=1S/C13H18BrNO2/c1-8-11(16-2)9(13(15)5-4-6-13)7-10(14)12(8)17-3/h7H,4-6,15H2,1-3H3. The van der Waals surface area contributed by atoms with Crippen LogP contribution < -0.4 is 15.2 Å². The number of benzene rings is 1. The monoisotopic (exact) mass is 299 g/mol. The van der Waals surface area contributed by atoms with Crippen LogP contribution in [0.25, 0.3) is 0 Å². The third-order valence-electron chi connectivity index (χ3n) is 3.60. The van der Waals surface area contributed by atoms with Gasteiger partial charge in [0.15, 0.2) is 0 Å². The minimum Gasteiger partial charge on any atom is -0.496 e. The van der Waals surface area contributed by atoms with Crippen molar-refractivity contribution in [3.05, 3.63) is 21.7 Å². The zero-order chi connectivity index (χ0) is 12.6. The van der Waals surface area contributed by atoms with Crippen LogP contribution in [0.4, 0.5) is 0 Å². The number of nitrogens with two attached hydrogens (primary N) is 1. The molecule has 2 rings (SSSR count). The molecule has 0 radical (unpaired) electrons. The second kappa shape index (κ2) is 4.50. The van der Waals surface area contributed by atoms with Crippen molar-refractivity contribution in [3.63, 3.8) is 0 Å². The molecule has 2 N–H and O–H groups in total. The second-order valence-corrected chi connectivity index (χ2v) is 5.46. The van der Waals surface area contributed by atoms with Crippen LogP contribution in [0.5, 0.6) is 11.5 Å². The van der Waals surface area contributed by atoms with Gasteiger partial charge in [-0.2, -0.15) is 0 Å². The predicted octanol–water partition coefficient (Wildman–Crippen LogP) is 3.11. The smallest absolute Gasteiger partial charge is 0.139 e. The topological polar surface area (TPSA) is 44.5 Å². The second-order valence-electron chi connectivity index (χ2n) is 4.61. The number of halogens is 1. The van der Waals surface area contributed by atoms with Crippen LogP contribution in [-0.4, -0.2) is 14.2 Å². The van der Waals surface area contributed by atoms with E-state index < -0.39 is 0 Å². The van der Waals surface area contributed by atoms with Crippen LogP contribution in [0, 0.1) is 6.92 Å². The summed E-state index contributed by atoms with van der Waals surface area (Å²) in [6.07, 6.45) is 3.21. The van der Waals surface area contributed by atoms with E-state index in [4.69, 9.17) is 15.2 Å². The summed E-state index contributed by atoms with van der Waals surface area (Å²) >= 11 is 3.53. The minimum atomic E-state index is -0.231. The molecule has 0 saturated heterocycles. The maximum Gasteiger partial charge on any atom is 0.139 e. The first-order valence-corrected chi connectivity index (χ1v) is 6.53. The van der Waals surface area contributed by atoms with Gasteiger partial charge in [-0.25, -0.2) is 0 Å². The zero-order valence-electron chi connectivity index (χ0n) is 10.5. The summed E-state index contributed by atoms with van der Waals surface area (Å²) in [7, 11) is 3.34. The van der Waals surface area contributed by atoms with Crippen LogP contribution in [-0.2, 0) is 5.54 Å². The van der Waals surface area contributed by atoms with E-state index in [0.717, 1.165) is 39.9 Å². The van der Waals surface area contributed by atoms with Crippen molar-refractivity contribution in [2.75, 3.05) is 14.2 Å². The van der Waals surface area contributed by atoms with Crippen molar-refractivity contribution in [3.8, 4) is 11.5 Å². The van der Waals surface area contributed by atoms with Crippen LogP contribution >= 0.6 is 15.9 Å². The Morgan fingerprint density at radius 3 is 2.24 bits per heavy atom. The highest BCUT2D eigenvalue weighted by molar-refractivity contribution is 9.10. The first-order chi connectivity index (χ1) is 8.03. The van der Waals surface area contributed by atoms with Gasteiger partial charge in [-0.15, -0.1) is 0 Å². The molecule has 1 aliphatic rings. The van der Waals surface area contributed by atoms with E-state index in [-0.39, 0.29) is 5.54 Å². The molecular formula is C13H18BrNO2. The van der Waals surface area contributed by atoms with Crippen LogP contribution in [0.3, 0.4) is 0 Å². The Labute approximate surface area is 110 Å². The maximum atomic E-state index is 6.39. The Morgan fingerprint density at radius 1 is 1.24 bits per heavy atom. The molecule has 4 heteroatoms. The van der Waals surface area contributed by atoms with E-state index >= 15 is 0 Å². The molecule has 0 bridgehead atoms. The fraction of sp³-hybridized carbons (Fsp3) is 0.538. The summed E-state index contributed by atoms with van der Waals surface area (Å²) in [4.78, 5) is 0. The van der Waals surface area contributed by atoms with Gasteiger partial charge in [0.05, 0.1) is 18.7 Å². The lowest BCUT2D eigenvalue weighted by atomic mass is 9.72. The van der Waals surface area contributed by atoms with Gasteiger partial charge >= 0.3 is 0 Å². The third-order valence-corrected chi connectivity index (χ3v) is 4.19. The summed E-state index contributed by atoms with van der Waals surface area (Å²) in [5, 5.41) is 0. The molecule has 0 heterocycles. The summed E-state index contributed by atoms with van der Waals surface area (Å²) in [5.41, 5.74) is 8.23. The molecule has 1 aliphatic carbocycles. The van der Waals surface area contributed by atoms with Gasteiger partial charge in [-0.05, 0) is 48.2 Å². The first-order valence-electron chi connectivity index (χ1n) is 5.74. The lowest BCUT2D eigenvalue weighted by Gasteiger charge is -2.40. The molecule has 0 atom stereocenters. The zero-order valence-corrected chi connectivity index (χ0v) is 12.1. The van der Waals surface area contributed by atoms with Crippen molar-refractivity contribution in [1.29, 1.82) is 0 Å². The average Bonchev–Trinajstić information content (AvgIpc) is 2.26. The van der Waals surface area contributed by atoms with E-state index in [1.165, 1.54) is 6.42 Å². The van der Waals surface area contributed by atoms with Crippen molar-refractivity contribution in [2.24, 2.45) is 5.73 Å². The quantitative estimate of drug-likeness (QED) is 0.933. The summed E-state index contributed by atoms with van der Waals surface area (Å²) in [6.45, 7) is 1.99. The largest absolute Gasteiger partial charge is 0.496 e. The van der Waals surface area contributed by atoms with E-state index in [1.807, 2.05) is 13.0 Å². The van der Waals surface area contributed by atoms with Crippen LogP contribution in [0.1, 0.15) is 30.4 Å². The molecule has 0 amide bonds. The number of rotatable bonds is 3. The Balaban J connectivity index is 2.59. The lowest BCUT2D eigenvalue weighted by molar-refractivity contribution is 0.242. The summed E-state index contributed by atoms with van der Waals surface area (Å²) < 4.78 is 11.8. The molecule has 17 heavy (non-hydrogen) atoms. The Kier molecular flexibility index (Phi) is 3.36. The minimum absolute atomic E-state index is 0.231. The van der Waals surface area contributed by atoms with Gasteiger partial charge in [0.2, 0.25) is 0 Å². The highest BCUT2D eigenvalue weighted by atomic mass is 79.9. The fourth-order valence-electron chi connectivity index (χ4n) is 2.45. The SMILES string of the molecule is COc1c(Br)cc(C2(N)CCC2)c(OC)c1C. The lowest BCUT2D eigenvalue weighted by Crippen LogP contribution is -2.43. The van der Waals surface area contributed by atoms with Crippen molar-refractivity contribution in [2.45, 2.75) is 31.7 Å². The summed E-state index contributed by atoms with van der Waals surface area (Å²) in [5.74, 6) is 1.67. The highest BCUT2D eigenvalue weighted by Crippen LogP contribution is 2.47. The van der Waals surface area contributed by atoms with E-state index in [1.54, 1.807) is 14.2 Å². The van der Waals surface area contributed by atoms with E-state index in [2.05, 4.69) is 15.9 Å². The molecule has 0 spiro atoms. The first kappa shape index (κ1) is 12.7. The van der Waals surface area contributed by atoms with Crippen molar-refractivity contribution >= 4 is 15.9 Å². The van der Waals surface area contributed by atoms with Gasteiger partial charge < -0.3 is 15.2 Å². The third kappa shape index (κ3) is 1.93. The molecule has 1 aromatic rings. The Morgan fingerprint density at radius 2 is 1.82 bits per heavy atom. The molecule has 0 unspecified atom stereocenters. The molecule has 1 aromatic carbocycles. The molecule has 3 nitrogen and oxygen atoms in total. The van der Waals surface area contributed by atoms with E-state index in [0.29, 0.717) is 0 Å². The number of hydrogen-bond acceptors (Lipinski definition) is 3. The normalized spacial score (nSPS) is 17.5. The summed E-state index contributed by atoms with van der Waals surface area (Å²) in [6, 6.07) is 2.03. The van der Waals surface area contributed by atoms with Crippen molar-refractivity contribution in [1.82, 2.24) is 0 Å². The molecule has 0 aliphatic heterocycles. The van der Waals surface area contributed by atoms with Gasteiger partial charge in [0.1, 0.15) is 11.5 Å². The number of ether oxygens (including phenoxy) is 2. The van der Waals surface area contributed by atoms with Gasteiger partial charge in [-0.3, -0.25) is 0 Å². The maximum absolute atomic E-state index is 6.39. The van der Waals surface area contributed by atoms with Crippen LogP contribution in [0.2, 0.25) is 0 Å². The molecular weight excluding hydrogens is 282 g/mol. The number of methoxy groups -OCH3 is 2. The van der Waals surface area contributed by atoms with E-state index in [9.17, 15) is 0 Å². The molecule has 1 saturated carbocycles. The number of hydrogen-bond donors (Lipinski definition) is 1. The Bertz CT molecular complexity index is 442. The average molecular weight is 300 g/mol. The Hall–Kier alpha value is -0.740. The van der Waals surface area contributed by atoms with Gasteiger partial charge in [-0.1, -0.05) is 0 Å². The molecule has 94 valence electrons. The molecule has 1 fully saturated rings.